The minimum Gasteiger partial charge on any atom is -0.378 e. The lowest BCUT2D eigenvalue weighted by Crippen LogP contribution is -2.23. The molecule has 3 unspecified atom stereocenters. The van der Waals surface area contributed by atoms with Crippen LogP contribution >= 0.6 is 0 Å². The first-order valence-electron chi connectivity index (χ1n) is 7.03. The molecule has 0 spiro atoms. The summed E-state index contributed by atoms with van der Waals surface area (Å²) < 4.78 is 6.12. The lowest BCUT2D eigenvalue weighted by molar-refractivity contribution is -0.00250. The van der Waals surface area contributed by atoms with Crippen molar-refractivity contribution in [2.24, 2.45) is 17.8 Å². The molecule has 2 bridgehead atoms. The van der Waals surface area contributed by atoms with Crippen molar-refractivity contribution in [1.82, 2.24) is 0 Å². The fourth-order valence-corrected chi connectivity index (χ4v) is 4.07. The first-order valence-corrected chi connectivity index (χ1v) is 7.03. The van der Waals surface area contributed by atoms with Crippen LogP contribution in [0.2, 0.25) is 0 Å². The highest BCUT2D eigenvalue weighted by atomic mass is 16.5. The van der Waals surface area contributed by atoms with Crippen molar-refractivity contribution in [1.29, 1.82) is 0 Å². The molecule has 0 N–H and O–H groups in total. The summed E-state index contributed by atoms with van der Waals surface area (Å²) in [5.74, 6) is 3.05. The van der Waals surface area contributed by atoms with E-state index in [2.05, 4.69) is 0 Å². The fourth-order valence-electron chi connectivity index (χ4n) is 4.07. The van der Waals surface area contributed by atoms with E-state index in [1.807, 2.05) is 0 Å². The van der Waals surface area contributed by atoms with Gasteiger partial charge in [-0.05, 0) is 49.9 Å². The van der Waals surface area contributed by atoms with Crippen LogP contribution in [0, 0.1) is 17.8 Å². The first-order chi connectivity index (χ1) is 7.42. The molecule has 1 heteroatoms. The Hall–Kier alpha value is -0.0400. The van der Waals surface area contributed by atoms with Gasteiger partial charge < -0.3 is 4.74 Å². The Morgan fingerprint density at radius 3 is 2.40 bits per heavy atom. The van der Waals surface area contributed by atoms with Gasteiger partial charge in [0.25, 0.3) is 0 Å². The summed E-state index contributed by atoms with van der Waals surface area (Å²) in [5, 5.41) is 0. The van der Waals surface area contributed by atoms with Crippen LogP contribution in [0.25, 0.3) is 0 Å². The molecule has 0 radical (unpaired) electrons. The molecule has 86 valence electrons. The normalized spacial score (nSPS) is 41.2. The Balaban J connectivity index is 1.42. The van der Waals surface area contributed by atoms with Crippen molar-refractivity contribution in [3.05, 3.63) is 0 Å². The van der Waals surface area contributed by atoms with Crippen LogP contribution in [0.4, 0.5) is 0 Å². The molecule has 3 saturated carbocycles. The minimum absolute atomic E-state index is 0.623. The van der Waals surface area contributed by atoms with E-state index in [0.29, 0.717) is 6.10 Å². The zero-order chi connectivity index (χ0) is 10.1. The molecule has 0 amide bonds. The van der Waals surface area contributed by atoms with Crippen LogP contribution in [0.3, 0.4) is 0 Å². The van der Waals surface area contributed by atoms with Crippen LogP contribution in [-0.2, 0) is 4.74 Å². The summed E-state index contributed by atoms with van der Waals surface area (Å²) in [5.41, 5.74) is 0. The van der Waals surface area contributed by atoms with Gasteiger partial charge in [-0.15, -0.1) is 0 Å². The monoisotopic (exact) mass is 208 g/mol. The van der Waals surface area contributed by atoms with E-state index >= 15 is 0 Å². The van der Waals surface area contributed by atoms with Crippen molar-refractivity contribution < 1.29 is 4.74 Å². The second-order valence-electron chi connectivity index (χ2n) is 6.03. The number of ether oxygens (including phenoxy) is 1. The molecule has 3 aliphatic carbocycles. The SMILES string of the molecule is C1CCC(OCC2CC3CCC2C3)CC1. The maximum Gasteiger partial charge on any atom is 0.0575 e. The molecule has 0 aromatic carbocycles. The van der Waals surface area contributed by atoms with Crippen LogP contribution in [0.1, 0.15) is 57.8 Å². The predicted octanol–water partition coefficient (Wildman–Crippen LogP) is 3.77. The van der Waals surface area contributed by atoms with Crippen molar-refractivity contribution in [2.75, 3.05) is 6.61 Å². The third kappa shape index (κ3) is 2.22. The third-order valence-electron chi connectivity index (χ3n) is 4.98. The van der Waals surface area contributed by atoms with Gasteiger partial charge in [-0.3, -0.25) is 0 Å². The molecule has 1 nitrogen and oxygen atoms in total. The molecule has 0 aliphatic heterocycles. The Morgan fingerprint density at radius 1 is 0.867 bits per heavy atom. The summed E-state index contributed by atoms with van der Waals surface area (Å²) in [6, 6.07) is 0. The maximum absolute atomic E-state index is 6.12. The quantitative estimate of drug-likeness (QED) is 0.686. The van der Waals surface area contributed by atoms with Crippen molar-refractivity contribution >= 4 is 0 Å². The Labute approximate surface area is 93.6 Å². The van der Waals surface area contributed by atoms with E-state index in [4.69, 9.17) is 4.74 Å². The number of fused-ring (bicyclic) bond motifs is 2. The topological polar surface area (TPSA) is 9.23 Å². The highest BCUT2D eigenvalue weighted by Crippen LogP contribution is 2.48. The number of rotatable bonds is 3. The summed E-state index contributed by atoms with van der Waals surface area (Å²) in [7, 11) is 0. The van der Waals surface area contributed by atoms with Gasteiger partial charge in [0.15, 0.2) is 0 Å². The Kier molecular flexibility index (Phi) is 3.01. The van der Waals surface area contributed by atoms with Crippen molar-refractivity contribution in [3.8, 4) is 0 Å². The standard InChI is InChI=1S/C14H24O/c1-2-4-14(5-3-1)15-10-13-9-11-6-7-12(13)8-11/h11-14H,1-10H2. The maximum atomic E-state index is 6.12. The molecule has 0 aromatic rings. The summed E-state index contributed by atoms with van der Waals surface area (Å²) in [6.07, 6.45) is 13.6. The van der Waals surface area contributed by atoms with Crippen LogP contribution < -0.4 is 0 Å². The van der Waals surface area contributed by atoms with E-state index in [-0.39, 0.29) is 0 Å². The first kappa shape index (κ1) is 10.1. The average molecular weight is 208 g/mol. The second-order valence-corrected chi connectivity index (χ2v) is 6.03. The molecule has 3 rings (SSSR count). The summed E-state index contributed by atoms with van der Waals surface area (Å²) >= 11 is 0. The second kappa shape index (κ2) is 4.45. The average Bonchev–Trinajstić information content (AvgIpc) is 2.89. The molecule has 3 fully saturated rings. The van der Waals surface area contributed by atoms with Gasteiger partial charge in [0.1, 0.15) is 0 Å². The Morgan fingerprint density at radius 2 is 1.73 bits per heavy atom. The molecule has 0 aromatic heterocycles. The molecular formula is C14H24O. The smallest absolute Gasteiger partial charge is 0.0575 e. The highest BCUT2D eigenvalue weighted by Gasteiger charge is 2.39. The molecular weight excluding hydrogens is 184 g/mol. The highest BCUT2D eigenvalue weighted by molar-refractivity contribution is 4.89. The van der Waals surface area contributed by atoms with Crippen LogP contribution in [0.15, 0.2) is 0 Å². The van der Waals surface area contributed by atoms with E-state index in [1.54, 1.807) is 0 Å². The van der Waals surface area contributed by atoms with Crippen molar-refractivity contribution in [3.63, 3.8) is 0 Å². The van der Waals surface area contributed by atoms with Gasteiger partial charge in [-0.25, -0.2) is 0 Å². The van der Waals surface area contributed by atoms with Gasteiger partial charge >= 0.3 is 0 Å². The van der Waals surface area contributed by atoms with Gasteiger partial charge in [0.2, 0.25) is 0 Å². The predicted molar refractivity (Wildman–Crippen MR) is 61.8 cm³/mol. The minimum atomic E-state index is 0.623. The van der Waals surface area contributed by atoms with E-state index in [9.17, 15) is 0 Å². The van der Waals surface area contributed by atoms with Gasteiger partial charge in [-0.2, -0.15) is 0 Å². The van der Waals surface area contributed by atoms with E-state index in [1.165, 1.54) is 57.8 Å². The van der Waals surface area contributed by atoms with Gasteiger partial charge in [0, 0.05) is 0 Å². The van der Waals surface area contributed by atoms with Crippen LogP contribution in [-0.4, -0.2) is 12.7 Å². The molecule has 15 heavy (non-hydrogen) atoms. The molecule has 3 atom stereocenters. The van der Waals surface area contributed by atoms with Gasteiger partial charge in [-0.1, -0.05) is 25.7 Å². The van der Waals surface area contributed by atoms with E-state index < -0.39 is 0 Å². The lowest BCUT2D eigenvalue weighted by Gasteiger charge is -2.27. The number of hydrogen-bond donors (Lipinski definition) is 0. The lowest BCUT2D eigenvalue weighted by atomic mass is 9.89. The summed E-state index contributed by atoms with van der Waals surface area (Å²) in [6.45, 7) is 1.09. The number of hydrogen-bond acceptors (Lipinski definition) is 1. The fraction of sp³-hybridized carbons (Fsp3) is 1.00. The van der Waals surface area contributed by atoms with Crippen molar-refractivity contribution in [2.45, 2.75) is 63.9 Å². The zero-order valence-corrected chi connectivity index (χ0v) is 9.79. The van der Waals surface area contributed by atoms with Crippen LogP contribution in [0.5, 0.6) is 0 Å². The molecule has 0 heterocycles. The molecule has 3 aliphatic rings. The van der Waals surface area contributed by atoms with E-state index in [0.717, 1.165) is 24.4 Å². The third-order valence-corrected chi connectivity index (χ3v) is 4.98. The van der Waals surface area contributed by atoms with Gasteiger partial charge in [0.05, 0.1) is 12.7 Å². The summed E-state index contributed by atoms with van der Waals surface area (Å²) in [4.78, 5) is 0. The molecule has 0 saturated heterocycles. The largest absolute Gasteiger partial charge is 0.378 e. The zero-order valence-electron chi connectivity index (χ0n) is 9.79. The Bertz CT molecular complexity index is 207.